The molecule has 0 heterocycles. The highest BCUT2D eigenvalue weighted by Crippen LogP contribution is 2.13. The molecule has 0 bridgehead atoms. The van der Waals surface area contributed by atoms with Crippen molar-refractivity contribution < 1.29 is 18.3 Å². The van der Waals surface area contributed by atoms with Crippen LogP contribution in [0.1, 0.15) is 20.3 Å². The Kier molecular flexibility index (Phi) is 5.46. The smallest absolute Gasteiger partial charge is 0.240 e. The minimum Gasteiger partial charge on any atom is -0.393 e. The lowest BCUT2D eigenvalue weighted by molar-refractivity contribution is -0.114. The van der Waals surface area contributed by atoms with Crippen molar-refractivity contribution in [3.8, 4) is 0 Å². The number of aliphatic hydroxyl groups is 1. The largest absolute Gasteiger partial charge is 0.393 e. The summed E-state index contributed by atoms with van der Waals surface area (Å²) in [6.07, 6.45) is -0.201. The van der Waals surface area contributed by atoms with Crippen LogP contribution >= 0.6 is 0 Å². The van der Waals surface area contributed by atoms with Gasteiger partial charge >= 0.3 is 0 Å². The number of hydrogen-bond acceptors (Lipinski definition) is 4. The maximum absolute atomic E-state index is 11.9. The maximum Gasteiger partial charge on any atom is 0.240 e. The fourth-order valence-electron chi connectivity index (χ4n) is 1.41. The Hall–Kier alpha value is -1.44. The third-order valence-corrected chi connectivity index (χ3v) is 3.82. The molecule has 6 nitrogen and oxygen atoms in total. The van der Waals surface area contributed by atoms with Crippen LogP contribution in [0.15, 0.2) is 29.2 Å². The zero-order valence-corrected chi connectivity index (χ0v) is 11.7. The second-order valence-corrected chi connectivity index (χ2v) is 6.01. The molecule has 0 aliphatic rings. The number of anilines is 1. The summed E-state index contributed by atoms with van der Waals surface area (Å²) in [5.41, 5.74) is 0.537. The zero-order chi connectivity index (χ0) is 14.5. The van der Waals surface area contributed by atoms with Gasteiger partial charge in [0.15, 0.2) is 0 Å². The number of sulfonamides is 1. The minimum absolute atomic E-state index is 0.118. The molecule has 1 aromatic carbocycles. The fraction of sp³-hybridized carbons (Fsp3) is 0.417. The van der Waals surface area contributed by atoms with Crippen molar-refractivity contribution >= 4 is 21.6 Å². The Labute approximate surface area is 112 Å². The first-order chi connectivity index (χ1) is 8.81. The molecular formula is C12H18N2O4S. The van der Waals surface area contributed by atoms with Crippen molar-refractivity contribution in [2.24, 2.45) is 0 Å². The molecule has 19 heavy (non-hydrogen) atoms. The summed E-state index contributed by atoms with van der Waals surface area (Å²) in [4.78, 5) is 11.0. The van der Waals surface area contributed by atoms with E-state index in [1.807, 2.05) is 0 Å². The summed E-state index contributed by atoms with van der Waals surface area (Å²) in [5, 5.41) is 11.6. The van der Waals surface area contributed by atoms with Crippen LogP contribution in [0.5, 0.6) is 0 Å². The van der Waals surface area contributed by atoms with Gasteiger partial charge in [0.2, 0.25) is 15.9 Å². The average Bonchev–Trinajstić information content (AvgIpc) is 2.28. The van der Waals surface area contributed by atoms with Crippen LogP contribution in [0, 0.1) is 0 Å². The lowest BCUT2D eigenvalue weighted by atomic mass is 10.3. The van der Waals surface area contributed by atoms with Gasteiger partial charge < -0.3 is 10.4 Å². The van der Waals surface area contributed by atoms with Crippen LogP contribution < -0.4 is 10.0 Å². The van der Waals surface area contributed by atoms with Crippen LogP contribution in [0.25, 0.3) is 0 Å². The van der Waals surface area contributed by atoms with E-state index in [9.17, 15) is 13.2 Å². The summed E-state index contributed by atoms with van der Waals surface area (Å²) in [5.74, 6) is -0.217. The van der Waals surface area contributed by atoms with Crippen molar-refractivity contribution in [3.05, 3.63) is 24.3 Å². The van der Waals surface area contributed by atoms with Crippen LogP contribution in [-0.2, 0) is 14.8 Å². The molecule has 0 saturated carbocycles. The molecule has 0 aliphatic carbocycles. The van der Waals surface area contributed by atoms with Gasteiger partial charge in [0, 0.05) is 19.2 Å². The topological polar surface area (TPSA) is 95.5 Å². The molecule has 0 spiro atoms. The van der Waals surface area contributed by atoms with E-state index in [-0.39, 0.29) is 17.3 Å². The lowest BCUT2D eigenvalue weighted by Crippen LogP contribution is -2.26. The van der Waals surface area contributed by atoms with E-state index in [2.05, 4.69) is 10.0 Å². The Morgan fingerprint density at radius 1 is 1.32 bits per heavy atom. The number of hydrogen-bond donors (Lipinski definition) is 3. The van der Waals surface area contributed by atoms with E-state index in [0.717, 1.165) is 0 Å². The molecule has 1 atom stereocenters. The Bertz CT molecular complexity index is 523. The molecule has 3 N–H and O–H groups in total. The molecule has 1 aromatic rings. The van der Waals surface area contributed by atoms with E-state index in [4.69, 9.17) is 5.11 Å². The predicted octanol–water partition coefficient (Wildman–Crippen LogP) is 0.694. The third kappa shape index (κ3) is 5.37. The second kappa shape index (κ2) is 6.65. The Balaban J connectivity index is 2.70. The highest BCUT2D eigenvalue weighted by Gasteiger charge is 2.13. The standard InChI is InChI=1S/C12H18N2O4S/c1-9(15)7-8-13-19(17,18)12-5-3-11(4-6-12)14-10(2)16/h3-6,9,13,15H,7-8H2,1-2H3,(H,14,16). The normalized spacial score (nSPS) is 13.0. The van der Waals surface area contributed by atoms with Crippen LogP contribution in [-0.4, -0.2) is 32.1 Å². The molecular weight excluding hydrogens is 268 g/mol. The zero-order valence-electron chi connectivity index (χ0n) is 10.9. The van der Waals surface area contributed by atoms with Gasteiger partial charge in [0.25, 0.3) is 0 Å². The average molecular weight is 286 g/mol. The molecule has 0 aromatic heterocycles. The SMILES string of the molecule is CC(=O)Nc1ccc(S(=O)(=O)NCCC(C)O)cc1. The quantitative estimate of drug-likeness (QED) is 0.717. The highest BCUT2D eigenvalue weighted by atomic mass is 32.2. The molecule has 0 fully saturated rings. The summed E-state index contributed by atoms with van der Waals surface area (Å²) >= 11 is 0. The van der Waals surface area contributed by atoms with Gasteiger partial charge in [-0.05, 0) is 37.6 Å². The maximum atomic E-state index is 11.9. The van der Waals surface area contributed by atoms with Gasteiger partial charge in [0.1, 0.15) is 0 Å². The molecule has 1 unspecified atom stereocenters. The second-order valence-electron chi connectivity index (χ2n) is 4.24. The summed E-state index contributed by atoms with van der Waals surface area (Å²) in [6, 6.07) is 5.86. The van der Waals surface area contributed by atoms with Crippen molar-refractivity contribution in [1.82, 2.24) is 4.72 Å². The molecule has 0 aliphatic heterocycles. The van der Waals surface area contributed by atoms with E-state index >= 15 is 0 Å². The molecule has 1 rings (SSSR count). The van der Waals surface area contributed by atoms with Crippen LogP contribution in [0.2, 0.25) is 0 Å². The van der Waals surface area contributed by atoms with Crippen molar-refractivity contribution in [2.45, 2.75) is 31.3 Å². The molecule has 0 saturated heterocycles. The van der Waals surface area contributed by atoms with E-state index < -0.39 is 16.1 Å². The van der Waals surface area contributed by atoms with Gasteiger partial charge in [-0.15, -0.1) is 0 Å². The highest BCUT2D eigenvalue weighted by molar-refractivity contribution is 7.89. The predicted molar refractivity (Wildman–Crippen MR) is 72.2 cm³/mol. The van der Waals surface area contributed by atoms with E-state index in [1.165, 1.54) is 31.2 Å². The third-order valence-electron chi connectivity index (χ3n) is 2.34. The number of amides is 1. The molecule has 106 valence electrons. The monoisotopic (exact) mass is 286 g/mol. The summed E-state index contributed by atoms with van der Waals surface area (Å²) in [7, 11) is -3.57. The number of aliphatic hydroxyl groups excluding tert-OH is 1. The van der Waals surface area contributed by atoms with Gasteiger partial charge in [0.05, 0.1) is 11.0 Å². The van der Waals surface area contributed by atoms with Gasteiger partial charge in [-0.25, -0.2) is 13.1 Å². The van der Waals surface area contributed by atoms with Crippen LogP contribution in [0.3, 0.4) is 0 Å². The van der Waals surface area contributed by atoms with Crippen molar-refractivity contribution in [3.63, 3.8) is 0 Å². The van der Waals surface area contributed by atoms with Gasteiger partial charge in [-0.2, -0.15) is 0 Å². The Morgan fingerprint density at radius 3 is 2.37 bits per heavy atom. The molecule has 7 heteroatoms. The first kappa shape index (κ1) is 15.6. The van der Waals surface area contributed by atoms with E-state index in [1.54, 1.807) is 6.92 Å². The Morgan fingerprint density at radius 2 is 1.89 bits per heavy atom. The minimum atomic E-state index is -3.57. The number of nitrogens with one attached hydrogen (secondary N) is 2. The van der Waals surface area contributed by atoms with Gasteiger partial charge in [-0.1, -0.05) is 0 Å². The first-order valence-electron chi connectivity index (χ1n) is 5.86. The van der Waals surface area contributed by atoms with Crippen molar-refractivity contribution in [1.29, 1.82) is 0 Å². The summed E-state index contributed by atoms with van der Waals surface area (Å²) in [6.45, 7) is 3.15. The molecule has 0 radical (unpaired) electrons. The molecule has 1 amide bonds. The first-order valence-corrected chi connectivity index (χ1v) is 7.35. The number of carbonyl (C=O) groups is 1. The number of rotatable bonds is 6. The lowest BCUT2D eigenvalue weighted by Gasteiger charge is -2.08. The van der Waals surface area contributed by atoms with Gasteiger partial charge in [-0.3, -0.25) is 4.79 Å². The van der Waals surface area contributed by atoms with E-state index in [0.29, 0.717) is 12.1 Å². The number of benzene rings is 1. The number of carbonyl (C=O) groups excluding carboxylic acids is 1. The van der Waals surface area contributed by atoms with Crippen molar-refractivity contribution in [2.75, 3.05) is 11.9 Å². The van der Waals surface area contributed by atoms with Crippen LogP contribution in [0.4, 0.5) is 5.69 Å². The summed E-state index contributed by atoms with van der Waals surface area (Å²) < 4.78 is 26.1. The fourth-order valence-corrected chi connectivity index (χ4v) is 2.45.